The van der Waals surface area contributed by atoms with Crippen molar-refractivity contribution in [2.75, 3.05) is 5.33 Å². The van der Waals surface area contributed by atoms with Crippen LogP contribution in [0, 0.1) is 0 Å². The van der Waals surface area contributed by atoms with Crippen LogP contribution in [0.15, 0.2) is 6.07 Å². The number of nitrogens with zero attached hydrogens (tertiary/aromatic N) is 1. The van der Waals surface area contributed by atoms with Gasteiger partial charge in [-0.25, -0.2) is 4.98 Å². The Kier molecular flexibility index (Phi) is 3.45. The second kappa shape index (κ2) is 4.63. The van der Waals surface area contributed by atoms with Gasteiger partial charge in [0.25, 0.3) is 0 Å². The number of fused-ring (bicyclic) bond motifs is 1. The summed E-state index contributed by atoms with van der Waals surface area (Å²) in [4.78, 5) is 4.48. The third-order valence-electron chi connectivity index (χ3n) is 2.69. The van der Waals surface area contributed by atoms with Gasteiger partial charge in [-0.3, -0.25) is 0 Å². The molecule has 2 rings (SSSR count). The van der Waals surface area contributed by atoms with Gasteiger partial charge < -0.3 is 0 Å². The third-order valence-corrected chi connectivity index (χ3v) is 3.41. The van der Waals surface area contributed by atoms with Crippen LogP contribution in [-0.2, 0) is 19.3 Å². The summed E-state index contributed by atoms with van der Waals surface area (Å²) in [5.74, 6) is 0. The van der Waals surface area contributed by atoms with Crippen LogP contribution < -0.4 is 0 Å². The van der Waals surface area contributed by atoms with Crippen molar-refractivity contribution in [2.24, 2.45) is 0 Å². The summed E-state index contributed by atoms with van der Waals surface area (Å²) >= 11 is 9.54. The van der Waals surface area contributed by atoms with E-state index in [2.05, 4.69) is 27.0 Å². The lowest BCUT2D eigenvalue weighted by molar-refractivity contribution is 0.666. The molecule has 0 saturated carbocycles. The van der Waals surface area contributed by atoms with E-state index in [1.807, 2.05) is 0 Å². The number of pyridine rings is 1. The monoisotopic (exact) mass is 273 g/mol. The van der Waals surface area contributed by atoms with Gasteiger partial charge >= 0.3 is 0 Å². The van der Waals surface area contributed by atoms with E-state index in [1.54, 1.807) is 0 Å². The molecule has 0 fully saturated rings. The second-order valence-corrected chi connectivity index (χ2v) is 4.84. The molecule has 1 aromatic heterocycles. The van der Waals surface area contributed by atoms with Crippen molar-refractivity contribution < 1.29 is 0 Å². The normalized spacial score (nSPS) is 15.3. The van der Waals surface area contributed by atoms with Crippen molar-refractivity contribution in [3.63, 3.8) is 0 Å². The second-order valence-electron chi connectivity index (χ2n) is 3.69. The minimum absolute atomic E-state index is 0.699. The molecule has 1 aromatic rings. The Labute approximate surface area is 98.0 Å². The quantitative estimate of drug-likeness (QED) is 0.594. The number of alkyl halides is 1. The molecular weight excluding hydrogens is 261 g/mol. The van der Waals surface area contributed by atoms with Crippen molar-refractivity contribution in [1.82, 2.24) is 4.98 Å². The molecule has 3 heteroatoms. The van der Waals surface area contributed by atoms with Crippen LogP contribution >= 0.6 is 27.5 Å². The van der Waals surface area contributed by atoms with Gasteiger partial charge in [0.15, 0.2) is 0 Å². The number of hydrogen-bond donors (Lipinski definition) is 0. The fourth-order valence-corrected chi connectivity index (χ4v) is 2.61. The summed E-state index contributed by atoms with van der Waals surface area (Å²) in [5, 5.41) is 1.65. The zero-order chi connectivity index (χ0) is 9.97. The maximum atomic E-state index is 6.11. The standard InChI is InChI=1S/C11H13BrClN/c12-6-5-9-7-8-3-1-2-4-10(8)14-11(9)13/h7H,1-6H2. The summed E-state index contributed by atoms with van der Waals surface area (Å²) in [6.07, 6.45) is 5.80. The molecule has 0 N–H and O–H groups in total. The van der Waals surface area contributed by atoms with Crippen LogP contribution in [0.4, 0.5) is 0 Å². The molecule has 76 valence electrons. The van der Waals surface area contributed by atoms with Crippen LogP contribution in [0.1, 0.15) is 29.7 Å². The van der Waals surface area contributed by atoms with Crippen LogP contribution in [0.25, 0.3) is 0 Å². The smallest absolute Gasteiger partial charge is 0.132 e. The van der Waals surface area contributed by atoms with Crippen LogP contribution in [0.2, 0.25) is 5.15 Å². The SMILES string of the molecule is Clc1nc2c(cc1CCBr)CCCC2. The van der Waals surface area contributed by atoms with Crippen LogP contribution in [0.5, 0.6) is 0 Å². The number of aryl methyl sites for hydroxylation is 3. The average molecular weight is 275 g/mol. The number of halogens is 2. The van der Waals surface area contributed by atoms with Crippen molar-refractivity contribution in [3.8, 4) is 0 Å². The molecule has 1 aliphatic rings. The van der Waals surface area contributed by atoms with Gasteiger partial charge in [0.05, 0.1) is 0 Å². The maximum Gasteiger partial charge on any atom is 0.132 e. The Morgan fingerprint density at radius 2 is 2.14 bits per heavy atom. The van der Waals surface area contributed by atoms with Gasteiger partial charge in [0, 0.05) is 11.0 Å². The molecule has 14 heavy (non-hydrogen) atoms. The first-order chi connectivity index (χ1) is 6.81. The average Bonchev–Trinajstić information content (AvgIpc) is 2.19. The minimum Gasteiger partial charge on any atom is -0.241 e. The highest BCUT2D eigenvalue weighted by atomic mass is 79.9. The predicted octanol–water partition coefficient (Wildman–Crippen LogP) is 3.55. The number of hydrogen-bond acceptors (Lipinski definition) is 1. The molecule has 0 radical (unpaired) electrons. The molecule has 0 bridgehead atoms. The first-order valence-corrected chi connectivity index (χ1v) is 6.54. The highest BCUT2D eigenvalue weighted by Crippen LogP contribution is 2.25. The molecule has 1 heterocycles. The van der Waals surface area contributed by atoms with Crippen molar-refractivity contribution >= 4 is 27.5 Å². The summed E-state index contributed by atoms with van der Waals surface area (Å²) in [7, 11) is 0. The van der Waals surface area contributed by atoms with E-state index in [4.69, 9.17) is 11.6 Å². The predicted molar refractivity (Wildman–Crippen MR) is 63.4 cm³/mol. The fourth-order valence-electron chi connectivity index (χ4n) is 1.93. The van der Waals surface area contributed by atoms with E-state index < -0.39 is 0 Å². The molecule has 1 aliphatic carbocycles. The topological polar surface area (TPSA) is 12.9 Å². The highest BCUT2D eigenvalue weighted by molar-refractivity contribution is 9.09. The molecule has 0 aliphatic heterocycles. The number of rotatable bonds is 2. The molecule has 0 atom stereocenters. The molecule has 0 spiro atoms. The Morgan fingerprint density at radius 3 is 2.93 bits per heavy atom. The van der Waals surface area contributed by atoms with Gasteiger partial charge in [-0.15, -0.1) is 0 Å². The van der Waals surface area contributed by atoms with E-state index in [-0.39, 0.29) is 0 Å². The zero-order valence-electron chi connectivity index (χ0n) is 8.02. The first kappa shape index (κ1) is 10.4. The van der Waals surface area contributed by atoms with Crippen molar-refractivity contribution in [3.05, 3.63) is 28.0 Å². The summed E-state index contributed by atoms with van der Waals surface area (Å²) in [6.45, 7) is 0. The third kappa shape index (κ3) is 2.12. The Morgan fingerprint density at radius 1 is 1.36 bits per heavy atom. The van der Waals surface area contributed by atoms with Crippen molar-refractivity contribution in [1.29, 1.82) is 0 Å². The van der Waals surface area contributed by atoms with E-state index in [0.29, 0.717) is 5.15 Å². The fraction of sp³-hybridized carbons (Fsp3) is 0.545. The van der Waals surface area contributed by atoms with E-state index in [1.165, 1.54) is 36.1 Å². The molecule has 1 nitrogen and oxygen atoms in total. The summed E-state index contributed by atoms with van der Waals surface area (Å²) in [6, 6.07) is 2.24. The largest absolute Gasteiger partial charge is 0.241 e. The van der Waals surface area contributed by atoms with Crippen molar-refractivity contribution in [2.45, 2.75) is 32.1 Å². The van der Waals surface area contributed by atoms with Gasteiger partial charge in [-0.2, -0.15) is 0 Å². The Balaban J connectivity index is 2.35. The summed E-state index contributed by atoms with van der Waals surface area (Å²) < 4.78 is 0. The van der Waals surface area contributed by atoms with Gasteiger partial charge in [0.2, 0.25) is 0 Å². The lowest BCUT2D eigenvalue weighted by Crippen LogP contribution is -2.07. The molecule has 0 unspecified atom stereocenters. The lowest BCUT2D eigenvalue weighted by Gasteiger charge is -2.16. The summed E-state index contributed by atoms with van der Waals surface area (Å²) in [5.41, 5.74) is 3.82. The Bertz CT molecular complexity index is 338. The Hall–Kier alpha value is -0.0800. The molecular formula is C11H13BrClN. The molecule has 0 saturated heterocycles. The highest BCUT2D eigenvalue weighted by Gasteiger charge is 2.13. The van der Waals surface area contributed by atoms with Crippen LogP contribution in [0.3, 0.4) is 0 Å². The van der Waals surface area contributed by atoms with Crippen LogP contribution in [-0.4, -0.2) is 10.3 Å². The van der Waals surface area contributed by atoms with E-state index in [0.717, 1.165) is 18.2 Å². The minimum atomic E-state index is 0.699. The van der Waals surface area contributed by atoms with Gasteiger partial charge in [0.1, 0.15) is 5.15 Å². The molecule has 0 aromatic carbocycles. The van der Waals surface area contributed by atoms with Gasteiger partial charge in [-0.1, -0.05) is 33.6 Å². The van der Waals surface area contributed by atoms with E-state index in [9.17, 15) is 0 Å². The molecule has 0 amide bonds. The maximum absolute atomic E-state index is 6.11. The first-order valence-electron chi connectivity index (χ1n) is 5.04. The lowest BCUT2D eigenvalue weighted by atomic mass is 9.95. The number of aromatic nitrogens is 1. The van der Waals surface area contributed by atoms with E-state index >= 15 is 0 Å². The van der Waals surface area contributed by atoms with Gasteiger partial charge in [-0.05, 0) is 43.2 Å². The zero-order valence-corrected chi connectivity index (χ0v) is 10.4.